The number of pyridine rings is 1. The lowest BCUT2D eigenvalue weighted by Crippen LogP contribution is -2.25. The summed E-state index contributed by atoms with van der Waals surface area (Å²) in [6.07, 6.45) is 6.24. The zero-order valence-corrected chi connectivity index (χ0v) is 8.56. The minimum absolute atomic E-state index is 0.123. The van der Waals surface area contributed by atoms with E-state index in [9.17, 15) is 9.59 Å². The molecule has 0 spiro atoms. The molecule has 0 bridgehead atoms. The zero-order chi connectivity index (χ0) is 11.0. The van der Waals surface area contributed by atoms with Crippen LogP contribution in [0.3, 0.4) is 0 Å². The minimum atomic E-state index is -1.14. The maximum absolute atomic E-state index is 11.8. The van der Waals surface area contributed by atoms with Crippen molar-refractivity contribution >= 4 is 5.97 Å². The van der Waals surface area contributed by atoms with Crippen molar-refractivity contribution in [2.45, 2.75) is 25.2 Å². The van der Waals surface area contributed by atoms with E-state index < -0.39 is 5.97 Å². The van der Waals surface area contributed by atoms with Crippen LogP contribution in [0.1, 0.15) is 41.1 Å². The van der Waals surface area contributed by atoms with Crippen LogP contribution in [0.25, 0.3) is 0 Å². The van der Waals surface area contributed by atoms with Crippen molar-refractivity contribution in [3.8, 4) is 0 Å². The van der Waals surface area contributed by atoms with Crippen molar-refractivity contribution in [1.82, 2.24) is 4.57 Å². The third kappa shape index (κ3) is 1.67. The number of rotatable bonds is 2. The van der Waals surface area contributed by atoms with Gasteiger partial charge in [-0.1, -0.05) is 6.42 Å². The fraction of sp³-hybridized carbons (Fsp3) is 0.455. The molecule has 1 aliphatic rings. The monoisotopic (exact) mass is 207 g/mol. The summed E-state index contributed by atoms with van der Waals surface area (Å²) in [6.45, 7) is 0. The molecule has 1 fully saturated rings. The van der Waals surface area contributed by atoms with Gasteiger partial charge in [0.1, 0.15) is 5.56 Å². The summed E-state index contributed by atoms with van der Waals surface area (Å²) in [4.78, 5) is 22.6. The van der Waals surface area contributed by atoms with Gasteiger partial charge in [-0.05, 0) is 18.8 Å². The molecule has 1 aromatic rings. The highest BCUT2D eigenvalue weighted by Crippen LogP contribution is 2.34. The van der Waals surface area contributed by atoms with Crippen molar-refractivity contribution in [3.05, 3.63) is 33.7 Å². The molecule has 1 N–H and O–H groups in total. The number of carbonyl (C=O) groups is 1. The van der Waals surface area contributed by atoms with E-state index in [1.807, 2.05) is 0 Å². The molecule has 0 atom stereocenters. The molecule has 0 amide bonds. The molecule has 1 heterocycles. The quantitative estimate of drug-likeness (QED) is 0.796. The maximum Gasteiger partial charge on any atom is 0.341 e. The molecule has 4 heteroatoms. The summed E-state index contributed by atoms with van der Waals surface area (Å²) in [6, 6.07) is 0. The van der Waals surface area contributed by atoms with Crippen molar-refractivity contribution in [2.24, 2.45) is 7.05 Å². The highest BCUT2D eigenvalue weighted by atomic mass is 16.4. The van der Waals surface area contributed by atoms with E-state index in [1.165, 1.54) is 6.20 Å². The molecule has 0 aromatic carbocycles. The van der Waals surface area contributed by atoms with Crippen molar-refractivity contribution in [2.75, 3.05) is 0 Å². The van der Waals surface area contributed by atoms with Crippen LogP contribution in [-0.2, 0) is 7.05 Å². The normalized spacial score (nSPS) is 16.1. The summed E-state index contributed by atoms with van der Waals surface area (Å²) in [5.74, 6) is -0.875. The molecule has 0 unspecified atom stereocenters. The Kier molecular flexibility index (Phi) is 2.34. The van der Waals surface area contributed by atoms with E-state index in [-0.39, 0.29) is 16.9 Å². The first-order valence-corrected chi connectivity index (χ1v) is 5.03. The average molecular weight is 207 g/mol. The molecular formula is C11H13NO3. The predicted octanol–water partition coefficient (Wildman–Crippen LogP) is 1.35. The van der Waals surface area contributed by atoms with Crippen LogP contribution in [0.4, 0.5) is 0 Å². The Balaban J connectivity index is 2.54. The number of hydrogen-bond donors (Lipinski definition) is 1. The lowest BCUT2D eigenvalue weighted by molar-refractivity contribution is 0.0694. The van der Waals surface area contributed by atoms with Gasteiger partial charge < -0.3 is 9.67 Å². The van der Waals surface area contributed by atoms with E-state index in [0.29, 0.717) is 5.56 Å². The number of aromatic nitrogens is 1. The van der Waals surface area contributed by atoms with Gasteiger partial charge in [0.15, 0.2) is 5.43 Å². The largest absolute Gasteiger partial charge is 0.477 e. The first kappa shape index (κ1) is 9.96. The summed E-state index contributed by atoms with van der Waals surface area (Å²) in [7, 11) is 1.74. The first-order valence-electron chi connectivity index (χ1n) is 5.03. The van der Waals surface area contributed by atoms with Crippen LogP contribution < -0.4 is 5.43 Å². The summed E-state index contributed by atoms with van der Waals surface area (Å²) in [5.41, 5.74) is 0.218. The molecule has 80 valence electrons. The Bertz CT molecular complexity index is 457. The van der Waals surface area contributed by atoms with E-state index in [1.54, 1.807) is 17.8 Å². The van der Waals surface area contributed by atoms with Crippen LogP contribution in [0.2, 0.25) is 0 Å². The number of aryl methyl sites for hydroxylation is 1. The second-order valence-corrected chi connectivity index (χ2v) is 4.05. The van der Waals surface area contributed by atoms with Crippen LogP contribution >= 0.6 is 0 Å². The Morgan fingerprint density at radius 1 is 1.47 bits per heavy atom. The number of aromatic carboxylic acids is 1. The number of carboxylic acids is 1. The summed E-state index contributed by atoms with van der Waals surface area (Å²) < 4.78 is 1.65. The summed E-state index contributed by atoms with van der Waals surface area (Å²) >= 11 is 0. The van der Waals surface area contributed by atoms with Gasteiger partial charge in [0.05, 0.1) is 0 Å². The van der Waals surface area contributed by atoms with E-state index in [2.05, 4.69) is 0 Å². The standard InChI is InChI=1S/C11H13NO3/c1-12-5-8(7-3-2-4-7)10(13)9(6-12)11(14)15/h5-7H,2-4H2,1H3,(H,14,15). The topological polar surface area (TPSA) is 59.3 Å². The van der Waals surface area contributed by atoms with Gasteiger partial charge in [0.25, 0.3) is 0 Å². The molecule has 15 heavy (non-hydrogen) atoms. The fourth-order valence-electron chi connectivity index (χ4n) is 1.90. The van der Waals surface area contributed by atoms with Gasteiger partial charge in [0.2, 0.25) is 0 Å². The van der Waals surface area contributed by atoms with Crippen LogP contribution in [0.5, 0.6) is 0 Å². The molecule has 4 nitrogen and oxygen atoms in total. The number of hydrogen-bond acceptors (Lipinski definition) is 2. The average Bonchev–Trinajstić information content (AvgIpc) is 2.07. The third-order valence-corrected chi connectivity index (χ3v) is 2.96. The number of carboxylic acid groups (broad SMARTS) is 1. The predicted molar refractivity (Wildman–Crippen MR) is 55.2 cm³/mol. The maximum atomic E-state index is 11.8. The molecule has 1 aromatic heterocycles. The molecule has 0 saturated heterocycles. The lowest BCUT2D eigenvalue weighted by atomic mass is 9.80. The van der Waals surface area contributed by atoms with Crippen molar-refractivity contribution < 1.29 is 9.90 Å². The second kappa shape index (κ2) is 3.53. The Labute approximate surface area is 87.2 Å². The lowest BCUT2D eigenvalue weighted by Gasteiger charge is -2.25. The van der Waals surface area contributed by atoms with Crippen LogP contribution in [-0.4, -0.2) is 15.6 Å². The van der Waals surface area contributed by atoms with Gasteiger partial charge in [-0.2, -0.15) is 0 Å². The Morgan fingerprint density at radius 2 is 2.13 bits per heavy atom. The van der Waals surface area contributed by atoms with Crippen LogP contribution in [0.15, 0.2) is 17.2 Å². The summed E-state index contributed by atoms with van der Waals surface area (Å²) in [5, 5.41) is 8.87. The second-order valence-electron chi connectivity index (χ2n) is 4.05. The minimum Gasteiger partial charge on any atom is -0.477 e. The highest BCUT2D eigenvalue weighted by molar-refractivity contribution is 5.87. The molecule has 2 rings (SSSR count). The molecule has 1 aliphatic carbocycles. The van der Waals surface area contributed by atoms with E-state index >= 15 is 0 Å². The molecule has 1 saturated carbocycles. The van der Waals surface area contributed by atoms with E-state index in [0.717, 1.165) is 19.3 Å². The van der Waals surface area contributed by atoms with Gasteiger partial charge >= 0.3 is 5.97 Å². The fourth-order valence-corrected chi connectivity index (χ4v) is 1.90. The van der Waals surface area contributed by atoms with Gasteiger partial charge in [-0.15, -0.1) is 0 Å². The SMILES string of the molecule is Cn1cc(C(=O)O)c(=O)c(C2CCC2)c1. The van der Waals surface area contributed by atoms with Crippen molar-refractivity contribution in [3.63, 3.8) is 0 Å². The molecule has 0 aliphatic heterocycles. The van der Waals surface area contributed by atoms with Gasteiger partial charge in [-0.3, -0.25) is 4.79 Å². The number of nitrogens with zero attached hydrogens (tertiary/aromatic N) is 1. The van der Waals surface area contributed by atoms with E-state index in [4.69, 9.17) is 5.11 Å². The first-order chi connectivity index (χ1) is 7.09. The Hall–Kier alpha value is -1.58. The third-order valence-electron chi connectivity index (χ3n) is 2.96. The zero-order valence-electron chi connectivity index (χ0n) is 8.56. The smallest absolute Gasteiger partial charge is 0.341 e. The van der Waals surface area contributed by atoms with Gasteiger partial charge in [-0.25, -0.2) is 4.79 Å². The molecule has 0 radical (unpaired) electrons. The highest BCUT2D eigenvalue weighted by Gasteiger charge is 2.24. The van der Waals surface area contributed by atoms with Crippen molar-refractivity contribution in [1.29, 1.82) is 0 Å². The van der Waals surface area contributed by atoms with Gasteiger partial charge in [0, 0.05) is 25.0 Å². The molecular weight excluding hydrogens is 194 g/mol. The Morgan fingerprint density at radius 3 is 2.60 bits per heavy atom. The van der Waals surface area contributed by atoms with Crippen LogP contribution in [0, 0.1) is 0 Å².